The molecule has 0 aromatic carbocycles. The summed E-state index contributed by atoms with van der Waals surface area (Å²) in [6, 6.07) is 0.253. The highest BCUT2D eigenvalue weighted by atomic mass is 16.4. The highest BCUT2D eigenvalue weighted by molar-refractivity contribution is 5.87. The Labute approximate surface area is 103 Å². The molecule has 0 aliphatic rings. The number of carboxylic acid groups (broad SMARTS) is 1. The molecule has 0 saturated heterocycles. The van der Waals surface area contributed by atoms with Crippen molar-refractivity contribution in [2.75, 3.05) is 6.54 Å². The molecule has 100 valence electrons. The van der Waals surface area contributed by atoms with Crippen molar-refractivity contribution in [1.82, 2.24) is 10.6 Å². The Morgan fingerprint density at radius 2 is 1.76 bits per heavy atom. The lowest BCUT2D eigenvalue weighted by Crippen LogP contribution is -2.55. The first-order chi connectivity index (χ1) is 7.91. The largest absolute Gasteiger partial charge is 0.480 e. The van der Waals surface area contributed by atoms with Gasteiger partial charge in [-0.1, -0.05) is 20.8 Å². The molecule has 0 bridgehead atoms. The number of rotatable bonds is 8. The van der Waals surface area contributed by atoms with Gasteiger partial charge in [-0.15, -0.1) is 0 Å². The van der Waals surface area contributed by atoms with E-state index in [2.05, 4.69) is 10.6 Å². The summed E-state index contributed by atoms with van der Waals surface area (Å²) in [5.41, 5.74) is -1.13. The SMILES string of the molecule is CCC(C)NCC(=O)NC(CC)(CC)C(=O)O. The van der Waals surface area contributed by atoms with Gasteiger partial charge >= 0.3 is 5.97 Å². The van der Waals surface area contributed by atoms with Crippen molar-refractivity contribution in [3.63, 3.8) is 0 Å². The van der Waals surface area contributed by atoms with Crippen LogP contribution < -0.4 is 10.6 Å². The molecule has 0 saturated carbocycles. The maximum atomic E-state index is 11.7. The first kappa shape index (κ1) is 15.9. The van der Waals surface area contributed by atoms with Crippen LogP contribution in [0.15, 0.2) is 0 Å². The van der Waals surface area contributed by atoms with Crippen molar-refractivity contribution >= 4 is 11.9 Å². The topological polar surface area (TPSA) is 78.4 Å². The molecule has 3 N–H and O–H groups in total. The van der Waals surface area contributed by atoms with E-state index in [4.69, 9.17) is 5.11 Å². The minimum absolute atomic E-state index is 0.157. The van der Waals surface area contributed by atoms with Gasteiger partial charge in [0.2, 0.25) is 5.91 Å². The minimum atomic E-state index is -1.13. The second-order valence-corrected chi connectivity index (χ2v) is 4.33. The summed E-state index contributed by atoms with van der Waals surface area (Å²) in [5.74, 6) is -1.24. The number of carbonyl (C=O) groups is 2. The Balaban J connectivity index is 4.37. The van der Waals surface area contributed by atoms with Crippen molar-refractivity contribution in [3.05, 3.63) is 0 Å². The maximum absolute atomic E-state index is 11.7. The third-order valence-electron chi connectivity index (χ3n) is 3.22. The average molecular weight is 244 g/mol. The molecule has 17 heavy (non-hydrogen) atoms. The Morgan fingerprint density at radius 3 is 2.12 bits per heavy atom. The highest BCUT2D eigenvalue weighted by Crippen LogP contribution is 2.15. The number of carboxylic acids is 1. The van der Waals surface area contributed by atoms with Crippen molar-refractivity contribution < 1.29 is 14.7 Å². The number of carbonyl (C=O) groups excluding carboxylic acids is 1. The van der Waals surface area contributed by atoms with E-state index < -0.39 is 11.5 Å². The van der Waals surface area contributed by atoms with Gasteiger partial charge in [0.15, 0.2) is 0 Å². The molecular formula is C12H24N2O3. The van der Waals surface area contributed by atoms with Crippen molar-refractivity contribution in [1.29, 1.82) is 0 Å². The molecule has 0 fully saturated rings. The molecule has 1 unspecified atom stereocenters. The van der Waals surface area contributed by atoms with Crippen LogP contribution in [0.4, 0.5) is 0 Å². The summed E-state index contributed by atoms with van der Waals surface area (Å²) in [5, 5.41) is 14.8. The smallest absolute Gasteiger partial charge is 0.329 e. The normalized spacial score (nSPS) is 13.2. The monoisotopic (exact) mass is 244 g/mol. The van der Waals surface area contributed by atoms with Crippen LogP contribution >= 0.6 is 0 Å². The highest BCUT2D eigenvalue weighted by Gasteiger charge is 2.36. The first-order valence-corrected chi connectivity index (χ1v) is 6.19. The molecule has 5 heteroatoms. The molecule has 0 rings (SSSR count). The maximum Gasteiger partial charge on any atom is 0.329 e. The predicted octanol–water partition coefficient (Wildman–Crippen LogP) is 1.13. The van der Waals surface area contributed by atoms with Crippen molar-refractivity contribution in [2.45, 2.75) is 58.5 Å². The fourth-order valence-corrected chi connectivity index (χ4v) is 1.51. The lowest BCUT2D eigenvalue weighted by Gasteiger charge is -2.28. The van der Waals surface area contributed by atoms with Crippen LogP contribution in [0.3, 0.4) is 0 Å². The fraction of sp³-hybridized carbons (Fsp3) is 0.833. The van der Waals surface area contributed by atoms with Gasteiger partial charge < -0.3 is 15.7 Å². The molecule has 1 atom stereocenters. The Bertz CT molecular complexity index is 262. The average Bonchev–Trinajstić information content (AvgIpc) is 2.32. The van der Waals surface area contributed by atoms with Gasteiger partial charge in [0.05, 0.1) is 6.54 Å². The van der Waals surface area contributed by atoms with Gasteiger partial charge in [0, 0.05) is 6.04 Å². The van der Waals surface area contributed by atoms with E-state index in [1.807, 2.05) is 13.8 Å². The van der Waals surface area contributed by atoms with Crippen LogP contribution in [0.2, 0.25) is 0 Å². The molecule has 0 aromatic heterocycles. The second-order valence-electron chi connectivity index (χ2n) is 4.33. The first-order valence-electron chi connectivity index (χ1n) is 6.19. The third-order valence-corrected chi connectivity index (χ3v) is 3.22. The lowest BCUT2D eigenvalue weighted by atomic mass is 9.93. The summed E-state index contributed by atoms with van der Waals surface area (Å²) >= 11 is 0. The summed E-state index contributed by atoms with van der Waals surface area (Å²) in [7, 11) is 0. The zero-order valence-electron chi connectivity index (χ0n) is 11.2. The van der Waals surface area contributed by atoms with E-state index in [0.29, 0.717) is 12.8 Å². The van der Waals surface area contributed by atoms with Crippen LogP contribution in [0, 0.1) is 0 Å². The zero-order valence-corrected chi connectivity index (χ0v) is 11.2. The van der Waals surface area contributed by atoms with Gasteiger partial charge in [-0.25, -0.2) is 4.79 Å². The number of hydrogen-bond acceptors (Lipinski definition) is 3. The van der Waals surface area contributed by atoms with E-state index >= 15 is 0 Å². The number of nitrogens with one attached hydrogen (secondary N) is 2. The fourth-order valence-electron chi connectivity index (χ4n) is 1.51. The molecule has 0 aliphatic carbocycles. The Morgan fingerprint density at radius 1 is 1.24 bits per heavy atom. The summed E-state index contributed by atoms with van der Waals surface area (Å²) in [4.78, 5) is 22.8. The lowest BCUT2D eigenvalue weighted by molar-refractivity contribution is -0.148. The summed E-state index contributed by atoms with van der Waals surface area (Å²) < 4.78 is 0. The molecule has 1 amide bonds. The summed E-state index contributed by atoms with van der Waals surface area (Å²) in [6.07, 6.45) is 1.70. The molecular weight excluding hydrogens is 220 g/mol. The Kier molecular flexibility index (Phi) is 6.80. The molecule has 5 nitrogen and oxygen atoms in total. The second kappa shape index (κ2) is 7.27. The quantitative estimate of drug-likeness (QED) is 0.598. The molecule has 0 spiro atoms. The van der Waals surface area contributed by atoms with E-state index in [1.54, 1.807) is 13.8 Å². The Hall–Kier alpha value is -1.10. The molecule has 0 aliphatic heterocycles. The molecule has 0 radical (unpaired) electrons. The van der Waals surface area contributed by atoms with E-state index in [-0.39, 0.29) is 18.5 Å². The number of aliphatic carboxylic acids is 1. The molecule has 0 heterocycles. The standard InChI is InChI=1S/C12H24N2O3/c1-5-9(4)13-8-10(15)14-12(6-2,7-3)11(16)17/h9,13H,5-8H2,1-4H3,(H,14,15)(H,16,17). The number of hydrogen-bond donors (Lipinski definition) is 3. The van der Waals surface area contributed by atoms with Gasteiger partial charge in [-0.2, -0.15) is 0 Å². The summed E-state index contributed by atoms with van der Waals surface area (Å²) in [6.45, 7) is 7.69. The van der Waals surface area contributed by atoms with Crippen LogP contribution in [-0.2, 0) is 9.59 Å². The van der Waals surface area contributed by atoms with Crippen LogP contribution in [0.25, 0.3) is 0 Å². The van der Waals surface area contributed by atoms with Crippen LogP contribution in [-0.4, -0.2) is 35.1 Å². The third kappa shape index (κ3) is 4.73. The molecule has 0 aromatic rings. The van der Waals surface area contributed by atoms with Gasteiger partial charge in [0.1, 0.15) is 5.54 Å². The van der Waals surface area contributed by atoms with Gasteiger partial charge in [-0.3, -0.25) is 4.79 Å². The van der Waals surface area contributed by atoms with Gasteiger partial charge in [-0.05, 0) is 26.2 Å². The van der Waals surface area contributed by atoms with E-state index in [0.717, 1.165) is 6.42 Å². The van der Waals surface area contributed by atoms with Crippen molar-refractivity contribution in [3.8, 4) is 0 Å². The van der Waals surface area contributed by atoms with Gasteiger partial charge in [0.25, 0.3) is 0 Å². The predicted molar refractivity (Wildman–Crippen MR) is 66.8 cm³/mol. The van der Waals surface area contributed by atoms with E-state index in [1.165, 1.54) is 0 Å². The van der Waals surface area contributed by atoms with Crippen LogP contribution in [0.1, 0.15) is 47.0 Å². The number of amides is 1. The van der Waals surface area contributed by atoms with Crippen molar-refractivity contribution in [2.24, 2.45) is 0 Å². The zero-order chi connectivity index (χ0) is 13.5. The van der Waals surface area contributed by atoms with Crippen LogP contribution in [0.5, 0.6) is 0 Å². The van der Waals surface area contributed by atoms with E-state index in [9.17, 15) is 9.59 Å². The minimum Gasteiger partial charge on any atom is -0.480 e.